The Morgan fingerprint density at radius 2 is 2.06 bits per heavy atom. The molecule has 0 amide bonds. The number of nitrogens with two attached hydrogens (primary N) is 1. The van der Waals surface area contributed by atoms with Crippen LogP contribution in [-0.4, -0.2) is 34.9 Å². The Labute approximate surface area is 105 Å². The third-order valence-corrected chi connectivity index (χ3v) is 2.58. The van der Waals surface area contributed by atoms with Crippen LogP contribution in [0.5, 0.6) is 0 Å². The standard InChI is InChI=1S/C11H20N4O3/c1-7(2)6-15-9(12)8(14(3)4-5-16)10(17)13-11(15)18/h7,16H,4-6,12H2,1-3H3,(H,13,17,18). The molecule has 0 aliphatic rings. The van der Waals surface area contributed by atoms with Crippen LogP contribution in [-0.2, 0) is 6.54 Å². The summed E-state index contributed by atoms with van der Waals surface area (Å²) in [5.74, 6) is 0.361. The Balaban J connectivity index is 3.35. The van der Waals surface area contributed by atoms with Crippen molar-refractivity contribution in [1.82, 2.24) is 9.55 Å². The summed E-state index contributed by atoms with van der Waals surface area (Å²) in [6.07, 6.45) is 0. The normalized spacial score (nSPS) is 10.9. The average molecular weight is 256 g/mol. The minimum absolute atomic E-state index is 0.0985. The number of H-pyrrole nitrogens is 1. The summed E-state index contributed by atoms with van der Waals surface area (Å²) in [6.45, 7) is 4.51. The second-order valence-electron chi connectivity index (χ2n) is 4.64. The van der Waals surface area contributed by atoms with Crippen molar-refractivity contribution in [2.45, 2.75) is 20.4 Å². The van der Waals surface area contributed by atoms with E-state index in [1.807, 2.05) is 13.8 Å². The molecular weight excluding hydrogens is 236 g/mol. The molecule has 7 nitrogen and oxygen atoms in total. The van der Waals surface area contributed by atoms with Gasteiger partial charge in [0.2, 0.25) is 0 Å². The lowest BCUT2D eigenvalue weighted by Crippen LogP contribution is -2.38. The van der Waals surface area contributed by atoms with Gasteiger partial charge in [0, 0.05) is 20.1 Å². The summed E-state index contributed by atoms with van der Waals surface area (Å²) in [5, 5.41) is 8.89. The maximum absolute atomic E-state index is 11.7. The van der Waals surface area contributed by atoms with Crippen LogP contribution in [0.25, 0.3) is 0 Å². The van der Waals surface area contributed by atoms with Crippen LogP contribution in [0.2, 0.25) is 0 Å². The highest BCUT2D eigenvalue weighted by Crippen LogP contribution is 2.15. The fraction of sp³-hybridized carbons (Fsp3) is 0.636. The van der Waals surface area contributed by atoms with Gasteiger partial charge < -0.3 is 15.7 Å². The Morgan fingerprint density at radius 3 is 2.56 bits per heavy atom. The molecule has 1 heterocycles. The molecule has 0 atom stereocenters. The number of hydrogen-bond acceptors (Lipinski definition) is 5. The van der Waals surface area contributed by atoms with Crippen molar-refractivity contribution in [3.63, 3.8) is 0 Å². The molecule has 1 aromatic heterocycles. The molecule has 102 valence electrons. The summed E-state index contributed by atoms with van der Waals surface area (Å²) in [5.41, 5.74) is 5.06. The fourth-order valence-electron chi connectivity index (χ4n) is 1.75. The first-order chi connectivity index (χ1) is 8.38. The van der Waals surface area contributed by atoms with Gasteiger partial charge in [0.1, 0.15) is 11.5 Å². The van der Waals surface area contributed by atoms with Gasteiger partial charge in [-0.05, 0) is 5.92 Å². The van der Waals surface area contributed by atoms with Gasteiger partial charge in [-0.2, -0.15) is 0 Å². The van der Waals surface area contributed by atoms with Gasteiger partial charge in [0.15, 0.2) is 0 Å². The largest absolute Gasteiger partial charge is 0.395 e. The van der Waals surface area contributed by atoms with Crippen molar-refractivity contribution in [2.75, 3.05) is 30.8 Å². The topological polar surface area (TPSA) is 104 Å². The minimum Gasteiger partial charge on any atom is -0.395 e. The van der Waals surface area contributed by atoms with E-state index in [4.69, 9.17) is 10.8 Å². The predicted octanol–water partition coefficient (Wildman–Crippen LogP) is -0.797. The van der Waals surface area contributed by atoms with Gasteiger partial charge in [-0.3, -0.25) is 14.3 Å². The minimum atomic E-state index is -0.534. The van der Waals surface area contributed by atoms with Crippen LogP contribution in [0.15, 0.2) is 9.59 Å². The lowest BCUT2D eigenvalue weighted by atomic mass is 10.2. The number of aliphatic hydroxyl groups excluding tert-OH is 1. The molecule has 7 heteroatoms. The van der Waals surface area contributed by atoms with Gasteiger partial charge >= 0.3 is 5.69 Å². The molecule has 0 unspecified atom stereocenters. The maximum Gasteiger partial charge on any atom is 0.330 e. The monoisotopic (exact) mass is 256 g/mol. The third-order valence-electron chi connectivity index (χ3n) is 2.58. The van der Waals surface area contributed by atoms with Crippen LogP contribution in [0.3, 0.4) is 0 Å². The Morgan fingerprint density at radius 1 is 1.44 bits per heavy atom. The maximum atomic E-state index is 11.7. The number of likely N-dealkylation sites (N-methyl/N-ethyl adjacent to an activating group) is 1. The lowest BCUT2D eigenvalue weighted by Gasteiger charge is -2.21. The quantitative estimate of drug-likeness (QED) is 0.640. The van der Waals surface area contributed by atoms with E-state index in [1.165, 1.54) is 9.47 Å². The van der Waals surface area contributed by atoms with E-state index < -0.39 is 11.2 Å². The molecule has 0 fully saturated rings. The number of anilines is 2. The average Bonchev–Trinajstić information content (AvgIpc) is 2.24. The molecule has 0 aromatic carbocycles. The Bertz CT molecular complexity index is 518. The lowest BCUT2D eigenvalue weighted by molar-refractivity contribution is 0.304. The number of nitrogen functional groups attached to an aromatic ring is 1. The zero-order valence-corrected chi connectivity index (χ0v) is 10.9. The second kappa shape index (κ2) is 5.72. The summed E-state index contributed by atoms with van der Waals surface area (Å²) >= 11 is 0. The van der Waals surface area contributed by atoms with Gasteiger partial charge in [0.05, 0.1) is 6.61 Å². The van der Waals surface area contributed by atoms with Crippen LogP contribution in [0, 0.1) is 5.92 Å². The number of aromatic nitrogens is 2. The van der Waals surface area contributed by atoms with E-state index in [2.05, 4.69) is 4.98 Å². The van der Waals surface area contributed by atoms with Crippen molar-refractivity contribution in [1.29, 1.82) is 0 Å². The van der Waals surface area contributed by atoms with Crippen LogP contribution >= 0.6 is 0 Å². The molecule has 0 spiro atoms. The van der Waals surface area contributed by atoms with Crippen LogP contribution in [0.1, 0.15) is 13.8 Å². The second-order valence-corrected chi connectivity index (χ2v) is 4.64. The summed E-state index contributed by atoms with van der Waals surface area (Å²) in [7, 11) is 1.64. The molecule has 0 aliphatic carbocycles. The molecule has 0 saturated carbocycles. The summed E-state index contributed by atoms with van der Waals surface area (Å²) < 4.78 is 1.34. The number of aliphatic hydroxyl groups is 1. The highest BCUT2D eigenvalue weighted by molar-refractivity contribution is 5.61. The van der Waals surface area contributed by atoms with E-state index in [0.717, 1.165) is 0 Å². The van der Waals surface area contributed by atoms with Gasteiger partial charge in [-0.25, -0.2) is 4.79 Å². The van der Waals surface area contributed by atoms with Crippen LogP contribution in [0.4, 0.5) is 11.5 Å². The van der Waals surface area contributed by atoms with E-state index in [1.54, 1.807) is 7.05 Å². The van der Waals surface area contributed by atoms with E-state index in [9.17, 15) is 9.59 Å². The first-order valence-corrected chi connectivity index (χ1v) is 5.83. The Hall–Kier alpha value is -1.76. The SMILES string of the molecule is CC(C)Cn1c(N)c(N(C)CCO)c(=O)[nH]c1=O. The van der Waals surface area contributed by atoms with Crippen LogP contribution < -0.4 is 21.9 Å². The number of rotatable bonds is 5. The van der Waals surface area contributed by atoms with E-state index in [0.29, 0.717) is 6.54 Å². The molecule has 1 rings (SSSR count). The molecule has 0 bridgehead atoms. The summed E-state index contributed by atoms with van der Waals surface area (Å²) in [4.78, 5) is 27.2. The zero-order valence-electron chi connectivity index (χ0n) is 10.9. The van der Waals surface area contributed by atoms with Crippen molar-refractivity contribution in [2.24, 2.45) is 5.92 Å². The highest BCUT2D eigenvalue weighted by atomic mass is 16.3. The molecule has 0 radical (unpaired) electrons. The van der Waals surface area contributed by atoms with Crippen molar-refractivity contribution >= 4 is 11.5 Å². The van der Waals surface area contributed by atoms with Gasteiger partial charge in [-0.1, -0.05) is 13.8 Å². The fourth-order valence-corrected chi connectivity index (χ4v) is 1.75. The number of hydrogen-bond donors (Lipinski definition) is 3. The molecule has 1 aromatic rings. The zero-order chi connectivity index (χ0) is 13.9. The third kappa shape index (κ3) is 2.92. The van der Waals surface area contributed by atoms with E-state index >= 15 is 0 Å². The molecule has 18 heavy (non-hydrogen) atoms. The van der Waals surface area contributed by atoms with Crippen molar-refractivity contribution in [3.05, 3.63) is 20.8 Å². The Kier molecular flexibility index (Phi) is 4.55. The first kappa shape index (κ1) is 14.3. The number of nitrogens with one attached hydrogen (secondary N) is 1. The van der Waals surface area contributed by atoms with Gasteiger partial charge in [0.25, 0.3) is 5.56 Å². The molecule has 0 saturated heterocycles. The number of aromatic amines is 1. The number of nitrogens with zero attached hydrogens (tertiary/aromatic N) is 2. The first-order valence-electron chi connectivity index (χ1n) is 5.83. The predicted molar refractivity (Wildman–Crippen MR) is 70.9 cm³/mol. The van der Waals surface area contributed by atoms with Gasteiger partial charge in [-0.15, -0.1) is 0 Å². The molecule has 0 aliphatic heterocycles. The molecular formula is C11H20N4O3. The van der Waals surface area contributed by atoms with E-state index in [-0.39, 0.29) is 30.6 Å². The van der Waals surface area contributed by atoms with Crippen molar-refractivity contribution < 1.29 is 5.11 Å². The smallest absolute Gasteiger partial charge is 0.330 e. The summed E-state index contributed by atoms with van der Waals surface area (Å²) in [6, 6.07) is 0. The van der Waals surface area contributed by atoms with Crippen molar-refractivity contribution in [3.8, 4) is 0 Å². The highest BCUT2D eigenvalue weighted by Gasteiger charge is 2.16. The molecule has 4 N–H and O–H groups in total.